The lowest BCUT2D eigenvalue weighted by atomic mass is 9.84. The van der Waals surface area contributed by atoms with E-state index >= 15 is 0 Å². The van der Waals surface area contributed by atoms with Crippen molar-refractivity contribution in [1.82, 2.24) is 14.5 Å². The van der Waals surface area contributed by atoms with E-state index in [4.69, 9.17) is 16.3 Å². The second kappa shape index (κ2) is 6.74. The van der Waals surface area contributed by atoms with Gasteiger partial charge in [0, 0.05) is 38.0 Å². The van der Waals surface area contributed by atoms with Gasteiger partial charge < -0.3 is 19.3 Å². The van der Waals surface area contributed by atoms with Crippen molar-refractivity contribution in [3.8, 4) is 5.75 Å². The molecule has 149 valence electrons. The Bertz CT molecular complexity index is 1020. The Morgan fingerprint density at radius 2 is 2.11 bits per heavy atom. The zero-order valence-corrected chi connectivity index (χ0v) is 16.8. The number of ether oxygens (including phenoxy) is 1. The molecule has 1 radical (unpaired) electrons. The summed E-state index contributed by atoms with van der Waals surface area (Å²) in [6.07, 6.45) is 1.79. The molecule has 2 aliphatic heterocycles. The molecule has 4 heterocycles. The smallest absolute Gasteiger partial charge is 0.257 e. The van der Waals surface area contributed by atoms with Crippen molar-refractivity contribution in [1.29, 1.82) is 0 Å². The lowest BCUT2D eigenvalue weighted by Gasteiger charge is -2.38. The number of aliphatic hydroxyl groups is 1. The van der Waals surface area contributed by atoms with E-state index in [9.17, 15) is 14.7 Å². The van der Waals surface area contributed by atoms with Crippen LogP contribution in [0.25, 0.3) is 10.9 Å². The van der Waals surface area contributed by atoms with E-state index in [1.54, 1.807) is 18.0 Å². The first-order chi connectivity index (χ1) is 13.2. The number of carbonyl (C=O) groups is 1. The number of rotatable bonds is 1. The van der Waals surface area contributed by atoms with E-state index in [1.807, 2.05) is 0 Å². The average Bonchev–Trinajstić information content (AvgIpc) is 2.65. The summed E-state index contributed by atoms with van der Waals surface area (Å²) in [6, 6.07) is 1.63. The Hall–Kier alpha value is -2.12. The van der Waals surface area contributed by atoms with E-state index in [2.05, 4.69) is 11.9 Å². The van der Waals surface area contributed by atoms with Gasteiger partial charge in [0.15, 0.2) is 5.75 Å². The quantitative estimate of drug-likeness (QED) is 0.734. The van der Waals surface area contributed by atoms with Crippen LogP contribution in [0.3, 0.4) is 0 Å². The molecule has 2 aliphatic rings. The maximum atomic E-state index is 13.2. The van der Waals surface area contributed by atoms with Crippen LogP contribution in [0.1, 0.15) is 37.4 Å². The summed E-state index contributed by atoms with van der Waals surface area (Å²) in [6.45, 7) is 6.26. The number of aromatic nitrogens is 2. The highest BCUT2D eigenvalue weighted by Gasteiger charge is 2.38. The van der Waals surface area contributed by atoms with Gasteiger partial charge >= 0.3 is 0 Å². The Kier molecular flexibility index (Phi) is 4.62. The molecule has 1 saturated heterocycles. The summed E-state index contributed by atoms with van der Waals surface area (Å²) in [5.41, 5.74) is -0.0541. The van der Waals surface area contributed by atoms with Crippen molar-refractivity contribution in [3.05, 3.63) is 39.8 Å². The van der Waals surface area contributed by atoms with Crippen LogP contribution in [-0.2, 0) is 23.9 Å². The third kappa shape index (κ3) is 2.97. The number of halogens is 1. The molecule has 0 aromatic carbocycles. The molecule has 1 atom stereocenters. The first-order valence-electron chi connectivity index (χ1n) is 9.41. The summed E-state index contributed by atoms with van der Waals surface area (Å²) in [4.78, 5) is 30.9. The van der Waals surface area contributed by atoms with E-state index in [0.717, 1.165) is 6.42 Å². The maximum Gasteiger partial charge on any atom is 0.257 e. The number of fused-ring (bicyclic) bond motifs is 3. The van der Waals surface area contributed by atoms with Crippen LogP contribution >= 0.6 is 11.6 Å². The van der Waals surface area contributed by atoms with Gasteiger partial charge in [0.05, 0.1) is 22.9 Å². The van der Waals surface area contributed by atoms with Crippen LogP contribution in [0.5, 0.6) is 5.75 Å². The molecule has 0 bridgehead atoms. The lowest BCUT2D eigenvalue weighted by Crippen LogP contribution is -2.47. The van der Waals surface area contributed by atoms with Crippen molar-refractivity contribution in [2.75, 3.05) is 13.1 Å². The number of nitrogens with zero attached hydrogens (tertiary/aromatic N) is 3. The number of likely N-dealkylation sites (tertiary alicyclic amines) is 1. The summed E-state index contributed by atoms with van der Waals surface area (Å²) in [5, 5.41) is 12.1. The van der Waals surface area contributed by atoms with Gasteiger partial charge in [-0.1, -0.05) is 11.6 Å². The Morgan fingerprint density at radius 3 is 2.75 bits per heavy atom. The number of pyridine rings is 2. The second-order valence-electron chi connectivity index (χ2n) is 7.68. The molecule has 1 N–H and O–H groups in total. The molecular weight excluding hydrogens is 382 g/mol. The van der Waals surface area contributed by atoms with Gasteiger partial charge in [-0.05, 0) is 38.7 Å². The summed E-state index contributed by atoms with van der Waals surface area (Å²) < 4.78 is 7.36. The third-order valence-corrected chi connectivity index (χ3v) is 6.16. The minimum Gasteiger partial charge on any atom is -0.486 e. The summed E-state index contributed by atoms with van der Waals surface area (Å²) in [7, 11) is 1.65. The van der Waals surface area contributed by atoms with Gasteiger partial charge in [0.2, 0.25) is 5.91 Å². The molecule has 0 aliphatic carbocycles. The van der Waals surface area contributed by atoms with E-state index in [1.165, 1.54) is 11.5 Å². The number of hydrogen-bond acceptors (Lipinski definition) is 5. The molecular formula is C20H23ClN3O4. The minimum absolute atomic E-state index is 0.0350. The second-order valence-corrected chi connectivity index (χ2v) is 8.04. The first kappa shape index (κ1) is 19.2. The molecule has 8 heteroatoms. The van der Waals surface area contributed by atoms with Crippen LogP contribution < -0.4 is 10.3 Å². The molecule has 1 fully saturated rings. The Balaban J connectivity index is 1.86. The van der Waals surface area contributed by atoms with Crippen molar-refractivity contribution in [2.45, 2.75) is 44.3 Å². The number of hydrogen-bond donors (Lipinski definition) is 1. The molecule has 2 aromatic heterocycles. The SMILES string of the molecule is [CH2][C@H]1CCc2nc(Cl)c3cc(C4(O)CCN(C(C)=O)CC4)c(=O)n(C)c3c2O1. The third-order valence-electron chi connectivity index (χ3n) is 5.87. The predicted molar refractivity (Wildman–Crippen MR) is 105 cm³/mol. The highest BCUT2D eigenvalue weighted by Crippen LogP contribution is 2.39. The topological polar surface area (TPSA) is 84.7 Å². The molecule has 4 rings (SSSR count). The molecule has 0 spiro atoms. The zero-order valence-electron chi connectivity index (χ0n) is 16.0. The van der Waals surface area contributed by atoms with Gasteiger partial charge in [-0.3, -0.25) is 9.59 Å². The Labute approximate surface area is 167 Å². The predicted octanol–water partition coefficient (Wildman–Crippen LogP) is 1.94. The normalized spacial score (nSPS) is 21.3. The van der Waals surface area contributed by atoms with Crippen LogP contribution in [0.15, 0.2) is 10.9 Å². The molecule has 7 nitrogen and oxygen atoms in total. The molecule has 2 aromatic rings. The Morgan fingerprint density at radius 1 is 1.43 bits per heavy atom. The fourth-order valence-corrected chi connectivity index (χ4v) is 4.39. The summed E-state index contributed by atoms with van der Waals surface area (Å²) in [5.74, 6) is 0.502. The van der Waals surface area contributed by atoms with E-state index in [-0.39, 0.29) is 28.3 Å². The lowest BCUT2D eigenvalue weighted by molar-refractivity contribution is -0.133. The molecule has 0 unspecified atom stereocenters. The van der Waals surface area contributed by atoms with Gasteiger partial charge in [0.1, 0.15) is 5.15 Å². The number of amides is 1. The fourth-order valence-electron chi connectivity index (χ4n) is 4.15. The van der Waals surface area contributed by atoms with Gasteiger partial charge in [0.25, 0.3) is 5.56 Å². The zero-order chi connectivity index (χ0) is 20.2. The van der Waals surface area contributed by atoms with Crippen LogP contribution in [-0.4, -0.2) is 44.7 Å². The highest BCUT2D eigenvalue weighted by atomic mass is 35.5. The van der Waals surface area contributed by atoms with Crippen molar-refractivity contribution >= 4 is 28.4 Å². The molecule has 1 amide bonds. The number of piperidine rings is 1. The van der Waals surface area contributed by atoms with Crippen molar-refractivity contribution in [2.24, 2.45) is 7.05 Å². The standard InChI is InChI=1S/C20H23ClN3O4/c1-11-4-5-15-17(28-11)16-13(18(21)22-15)10-14(19(26)23(16)3)20(27)6-8-24(9-7-20)12(2)25/h10-11,27H,1,4-9H2,2-3H3/t11-/m0/s1. The number of aryl methyl sites for hydroxylation is 2. The monoisotopic (exact) mass is 404 g/mol. The highest BCUT2D eigenvalue weighted by molar-refractivity contribution is 6.34. The minimum atomic E-state index is -1.32. The van der Waals surface area contributed by atoms with E-state index in [0.29, 0.717) is 54.7 Å². The van der Waals surface area contributed by atoms with E-state index < -0.39 is 5.60 Å². The maximum absolute atomic E-state index is 13.2. The summed E-state index contributed by atoms with van der Waals surface area (Å²) >= 11 is 6.44. The van der Waals surface area contributed by atoms with Gasteiger partial charge in [-0.2, -0.15) is 0 Å². The van der Waals surface area contributed by atoms with Gasteiger partial charge in [-0.15, -0.1) is 0 Å². The largest absolute Gasteiger partial charge is 0.486 e. The van der Waals surface area contributed by atoms with Crippen LogP contribution in [0, 0.1) is 6.92 Å². The van der Waals surface area contributed by atoms with Crippen molar-refractivity contribution < 1.29 is 14.6 Å². The van der Waals surface area contributed by atoms with Crippen molar-refractivity contribution in [3.63, 3.8) is 0 Å². The first-order valence-corrected chi connectivity index (χ1v) is 9.79. The molecule has 28 heavy (non-hydrogen) atoms. The average molecular weight is 405 g/mol. The van der Waals surface area contributed by atoms with Gasteiger partial charge in [-0.25, -0.2) is 4.98 Å². The van der Waals surface area contributed by atoms with Crippen LogP contribution in [0.4, 0.5) is 0 Å². The fraction of sp³-hybridized carbons (Fsp3) is 0.500. The van der Waals surface area contributed by atoms with Crippen LogP contribution in [0.2, 0.25) is 5.15 Å². The molecule has 0 saturated carbocycles. The number of carbonyl (C=O) groups excluding carboxylic acids is 1.